The van der Waals surface area contributed by atoms with E-state index < -0.39 is 9.84 Å². The largest absolute Gasteiger partial charge is 0.280 e. The van der Waals surface area contributed by atoms with Gasteiger partial charge in [0.1, 0.15) is 0 Å². The van der Waals surface area contributed by atoms with E-state index in [1.807, 2.05) is 6.07 Å². The highest BCUT2D eigenvalue weighted by Gasteiger charge is 2.18. The highest BCUT2D eigenvalue weighted by atomic mass is 35.5. The molecule has 0 unspecified atom stereocenters. The summed E-state index contributed by atoms with van der Waals surface area (Å²) in [6.45, 7) is 2.09. The van der Waals surface area contributed by atoms with Crippen LogP contribution in [0, 0.1) is 0 Å². The molecule has 0 bridgehead atoms. The zero-order valence-electron chi connectivity index (χ0n) is 14.7. The first-order chi connectivity index (χ1) is 12.3. The normalized spacial score (nSPS) is 11.8. The van der Waals surface area contributed by atoms with Crippen LogP contribution in [-0.2, 0) is 16.3 Å². The SMILES string of the molecule is CCCCc1cc2cc(S(C)(=O)=O)ccc2n1C(=O)c1ccc(Cl)cc1. The molecular weight excluding hydrogens is 370 g/mol. The summed E-state index contributed by atoms with van der Waals surface area (Å²) in [6.07, 6.45) is 3.88. The zero-order valence-corrected chi connectivity index (χ0v) is 16.3. The van der Waals surface area contributed by atoms with Crippen molar-refractivity contribution < 1.29 is 13.2 Å². The van der Waals surface area contributed by atoms with Crippen molar-refractivity contribution in [1.29, 1.82) is 0 Å². The topological polar surface area (TPSA) is 56.1 Å². The van der Waals surface area contributed by atoms with Gasteiger partial charge < -0.3 is 0 Å². The average Bonchev–Trinajstić information content (AvgIpc) is 2.96. The van der Waals surface area contributed by atoms with Gasteiger partial charge in [0.15, 0.2) is 9.84 Å². The Morgan fingerprint density at radius 2 is 1.77 bits per heavy atom. The molecule has 1 heterocycles. The molecule has 3 aromatic rings. The number of carbonyl (C=O) groups excluding carboxylic acids is 1. The van der Waals surface area contributed by atoms with Crippen LogP contribution in [0.25, 0.3) is 10.9 Å². The molecule has 6 heteroatoms. The minimum atomic E-state index is -3.30. The average molecular weight is 390 g/mol. The lowest BCUT2D eigenvalue weighted by atomic mass is 10.2. The number of hydrogen-bond acceptors (Lipinski definition) is 3. The van der Waals surface area contributed by atoms with Crippen molar-refractivity contribution in [2.45, 2.75) is 31.1 Å². The third kappa shape index (κ3) is 3.69. The van der Waals surface area contributed by atoms with Gasteiger partial charge in [-0.15, -0.1) is 0 Å². The van der Waals surface area contributed by atoms with Gasteiger partial charge in [-0.1, -0.05) is 24.9 Å². The number of benzene rings is 2. The van der Waals surface area contributed by atoms with Gasteiger partial charge in [-0.2, -0.15) is 0 Å². The standard InChI is InChI=1S/C20H20ClNO3S/c1-3-4-5-17-12-15-13-18(26(2,24)25)10-11-19(15)22(17)20(23)14-6-8-16(21)9-7-14/h6-13H,3-5H2,1-2H3. The summed E-state index contributed by atoms with van der Waals surface area (Å²) < 4.78 is 25.4. The summed E-state index contributed by atoms with van der Waals surface area (Å²) in [5.74, 6) is -0.144. The number of halogens is 1. The summed E-state index contributed by atoms with van der Waals surface area (Å²) in [5.41, 5.74) is 2.13. The predicted molar refractivity (Wildman–Crippen MR) is 105 cm³/mol. The molecule has 0 fully saturated rings. The van der Waals surface area contributed by atoms with Gasteiger partial charge in [-0.3, -0.25) is 9.36 Å². The van der Waals surface area contributed by atoms with Crippen molar-refractivity contribution in [3.05, 3.63) is 64.8 Å². The van der Waals surface area contributed by atoms with Crippen molar-refractivity contribution >= 4 is 38.2 Å². The molecule has 0 saturated carbocycles. The molecule has 0 aliphatic heterocycles. The molecule has 3 rings (SSSR count). The van der Waals surface area contributed by atoms with E-state index in [1.165, 1.54) is 6.26 Å². The number of sulfone groups is 1. The number of hydrogen-bond donors (Lipinski definition) is 0. The van der Waals surface area contributed by atoms with Gasteiger partial charge in [0.25, 0.3) is 5.91 Å². The molecule has 0 aliphatic rings. The van der Waals surface area contributed by atoms with Crippen molar-refractivity contribution in [3.63, 3.8) is 0 Å². The van der Waals surface area contributed by atoms with Gasteiger partial charge in [0.05, 0.1) is 10.4 Å². The molecule has 136 valence electrons. The number of rotatable bonds is 5. The van der Waals surface area contributed by atoms with Crippen LogP contribution in [0.15, 0.2) is 53.4 Å². The first kappa shape index (κ1) is 18.7. The van der Waals surface area contributed by atoms with E-state index in [4.69, 9.17) is 11.6 Å². The van der Waals surface area contributed by atoms with Gasteiger partial charge in [-0.05, 0) is 61.4 Å². The fourth-order valence-electron chi connectivity index (χ4n) is 2.98. The van der Waals surface area contributed by atoms with Crippen LogP contribution in [-0.4, -0.2) is 25.1 Å². The molecular formula is C20H20ClNO3S. The fraction of sp³-hybridized carbons (Fsp3) is 0.250. The molecule has 0 saturated heterocycles. The Kier molecular flexibility index (Phi) is 5.21. The van der Waals surface area contributed by atoms with E-state index in [9.17, 15) is 13.2 Å². The van der Waals surface area contributed by atoms with E-state index in [-0.39, 0.29) is 10.8 Å². The summed E-state index contributed by atoms with van der Waals surface area (Å²) in [5, 5.41) is 1.32. The van der Waals surface area contributed by atoms with Gasteiger partial charge in [0.2, 0.25) is 0 Å². The lowest BCUT2D eigenvalue weighted by molar-refractivity contribution is 0.0962. The van der Waals surface area contributed by atoms with Crippen LogP contribution in [0.1, 0.15) is 35.8 Å². The van der Waals surface area contributed by atoms with Crippen LogP contribution in [0.4, 0.5) is 0 Å². The number of aryl methyl sites for hydroxylation is 1. The monoisotopic (exact) mass is 389 g/mol. The molecule has 0 N–H and O–H groups in total. The van der Waals surface area contributed by atoms with E-state index in [0.717, 1.165) is 30.3 Å². The van der Waals surface area contributed by atoms with E-state index >= 15 is 0 Å². The van der Waals surface area contributed by atoms with Crippen LogP contribution in [0.5, 0.6) is 0 Å². The zero-order chi connectivity index (χ0) is 18.9. The van der Waals surface area contributed by atoms with Crippen molar-refractivity contribution in [3.8, 4) is 0 Å². The molecule has 1 aromatic heterocycles. The third-order valence-corrected chi connectivity index (χ3v) is 5.72. The Balaban J connectivity index is 2.17. The van der Waals surface area contributed by atoms with E-state index in [1.54, 1.807) is 47.0 Å². The van der Waals surface area contributed by atoms with Crippen LogP contribution >= 0.6 is 11.6 Å². The van der Waals surface area contributed by atoms with Gasteiger partial charge in [-0.25, -0.2) is 8.42 Å². The molecule has 4 nitrogen and oxygen atoms in total. The minimum absolute atomic E-state index is 0.144. The smallest absolute Gasteiger partial charge is 0.262 e. The second-order valence-corrected chi connectivity index (χ2v) is 8.83. The van der Waals surface area contributed by atoms with E-state index in [2.05, 4.69) is 6.92 Å². The molecule has 0 aliphatic carbocycles. The van der Waals surface area contributed by atoms with Crippen LogP contribution < -0.4 is 0 Å². The Labute approximate surface area is 158 Å². The minimum Gasteiger partial charge on any atom is -0.280 e. The quantitative estimate of drug-likeness (QED) is 0.633. The molecule has 2 aromatic carbocycles. The third-order valence-electron chi connectivity index (χ3n) is 4.36. The predicted octanol–water partition coefficient (Wildman–Crippen LogP) is 4.73. The lowest BCUT2D eigenvalue weighted by Crippen LogP contribution is -2.14. The molecule has 0 amide bonds. The van der Waals surface area contributed by atoms with Crippen LogP contribution in [0.2, 0.25) is 5.02 Å². The maximum atomic E-state index is 13.1. The second-order valence-electron chi connectivity index (χ2n) is 6.38. The van der Waals surface area contributed by atoms with Crippen molar-refractivity contribution in [2.75, 3.05) is 6.26 Å². The first-order valence-electron chi connectivity index (χ1n) is 8.46. The van der Waals surface area contributed by atoms with Gasteiger partial charge in [0, 0.05) is 27.9 Å². The summed E-state index contributed by atoms with van der Waals surface area (Å²) in [4.78, 5) is 13.4. The molecule has 0 spiro atoms. The summed E-state index contributed by atoms with van der Waals surface area (Å²) in [6, 6.07) is 13.6. The van der Waals surface area contributed by atoms with Crippen molar-refractivity contribution in [1.82, 2.24) is 4.57 Å². The maximum Gasteiger partial charge on any atom is 0.262 e. The Morgan fingerprint density at radius 1 is 1.08 bits per heavy atom. The maximum absolute atomic E-state index is 13.1. The highest BCUT2D eigenvalue weighted by molar-refractivity contribution is 7.90. The first-order valence-corrected chi connectivity index (χ1v) is 10.7. The Morgan fingerprint density at radius 3 is 2.38 bits per heavy atom. The second kappa shape index (κ2) is 7.25. The number of unbranched alkanes of at least 4 members (excludes halogenated alkanes) is 1. The summed E-state index contributed by atoms with van der Waals surface area (Å²) >= 11 is 5.92. The summed E-state index contributed by atoms with van der Waals surface area (Å²) in [7, 11) is -3.30. The van der Waals surface area contributed by atoms with Crippen molar-refractivity contribution in [2.24, 2.45) is 0 Å². The number of carbonyl (C=O) groups is 1. The molecule has 0 radical (unpaired) electrons. The molecule has 0 atom stereocenters. The number of fused-ring (bicyclic) bond motifs is 1. The van der Waals surface area contributed by atoms with Gasteiger partial charge >= 0.3 is 0 Å². The Hall–Kier alpha value is -2.11. The highest BCUT2D eigenvalue weighted by Crippen LogP contribution is 2.26. The molecule has 26 heavy (non-hydrogen) atoms. The van der Waals surface area contributed by atoms with E-state index in [0.29, 0.717) is 16.1 Å². The number of nitrogens with zero attached hydrogens (tertiary/aromatic N) is 1. The lowest BCUT2D eigenvalue weighted by Gasteiger charge is -2.10. The Bertz CT molecular complexity index is 1070. The number of aromatic nitrogens is 1. The van der Waals surface area contributed by atoms with Crippen LogP contribution in [0.3, 0.4) is 0 Å². The fourth-order valence-corrected chi connectivity index (χ4v) is 3.77.